The molecule has 0 radical (unpaired) electrons. The summed E-state index contributed by atoms with van der Waals surface area (Å²) < 4.78 is 5.75. The predicted octanol–water partition coefficient (Wildman–Crippen LogP) is 1.04. The molecule has 2 aliphatic heterocycles. The van der Waals surface area contributed by atoms with Gasteiger partial charge in [0.2, 0.25) is 11.9 Å². The minimum absolute atomic E-state index is 0.0264. The molecule has 1 aromatic heterocycles. The fourth-order valence-corrected chi connectivity index (χ4v) is 3.83. The molecule has 0 bridgehead atoms. The molecule has 138 valence electrons. The summed E-state index contributed by atoms with van der Waals surface area (Å²) in [6.45, 7) is 3.64. The summed E-state index contributed by atoms with van der Waals surface area (Å²) in [7, 11) is 3.91. The zero-order valence-electron chi connectivity index (χ0n) is 15.2. The van der Waals surface area contributed by atoms with Crippen LogP contribution in [-0.2, 0) is 16.1 Å². The van der Waals surface area contributed by atoms with Gasteiger partial charge in [0.05, 0.1) is 17.7 Å². The van der Waals surface area contributed by atoms with Crippen LogP contribution in [0.3, 0.4) is 0 Å². The van der Waals surface area contributed by atoms with Gasteiger partial charge in [0, 0.05) is 33.4 Å². The number of anilines is 1. The average molecular weight is 347 g/mol. The zero-order valence-corrected chi connectivity index (χ0v) is 15.2. The normalized spacial score (nSPS) is 25.2. The van der Waals surface area contributed by atoms with E-state index >= 15 is 0 Å². The van der Waals surface area contributed by atoms with Crippen molar-refractivity contribution < 1.29 is 9.53 Å². The van der Waals surface area contributed by atoms with E-state index in [1.54, 1.807) is 0 Å². The van der Waals surface area contributed by atoms with Crippen LogP contribution in [0, 0.1) is 11.8 Å². The standard InChI is InChI=1S/C18H29N5O2/c1-22(2)18-20-7-3-14(21-18)12-23-8-4-13(5-9-23)11-16-15(17(19)24)6-10-25-16/h3,7,13,15-16H,4-6,8-12H2,1-2H3,(H2,19,24)/t15-,16-/m1/s1. The first-order chi connectivity index (χ1) is 12.0. The zero-order chi connectivity index (χ0) is 17.8. The van der Waals surface area contributed by atoms with Crippen LogP contribution in [0.25, 0.3) is 0 Å². The summed E-state index contributed by atoms with van der Waals surface area (Å²) in [5.41, 5.74) is 6.55. The first-order valence-corrected chi connectivity index (χ1v) is 9.15. The Hall–Kier alpha value is -1.73. The highest BCUT2D eigenvalue weighted by atomic mass is 16.5. The van der Waals surface area contributed by atoms with Crippen LogP contribution >= 0.6 is 0 Å². The topological polar surface area (TPSA) is 84.6 Å². The summed E-state index contributed by atoms with van der Waals surface area (Å²) >= 11 is 0. The van der Waals surface area contributed by atoms with E-state index in [4.69, 9.17) is 10.5 Å². The summed E-state index contributed by atoms with van der Waals surface area (Å²) in [5, 5.41) is 0. The number of aromatic nitrogens is 2. The predicted molar refractivity (Wildman–Crippen MR) is 96.0 cm³/mol. The molecule has 3 heterocycles. The summed E-state index contributed by atoms with van der Waals surface area (Å²) in [5.74, 6) is 1.07. The maximum atomic E-state index is 11.5. The Balaban J connectivity index is 1.47. The van der Waals surface area contributed by atoms with Crippen LogP contribution < -0.4 is 10.6 Å². The number of likely N-dealkylation sites (tertiary alicyclic amines) is 1. The van der Waals surface area contributed by atoms with Crippen molar-refractivity contribution in [1.29, 1.82) is 0 Å². The van der Waals surface area contributed by atoms with Crippen LogP contribution in [0.1, 0.15) is 31.4 Å². The Morgan fingerprint density at radius 2 is 2.12 bits per heavy atom. The molecule has 7 nitrogen and oxygen atoms in total. The highest BCUT2D eigenvalue weighted by Crippen LogP contribution is 2.30. The van der Waals surface area contributed by atoms with Crippen molar-refractivity contribution in [2.45, 2.75) is 38.3 Å². The molecule has 0 unspecified atom stereocenters. The van der Waals surface area contributed by atoms with Crippen LogP contribution in [0.15, 0.2) is 12.3 Å². The third-order valence-corrected chi connectivity index (χ3v) is 5.33. The molecule has 7 heteroatoms. The third-order valence-electron chi connectivity index (χ3n) is 5.33. The quantitative estimate of drug-likeness (QED) is 0.827. The van der Waals surface area contributed by atoms with Gasteiger partial charge in [-0.2, -0.15) is 0 Å². The Morgan fingerprint density at radius 3 is 2.80 bits per heavy atom. The lowest BCUT2D eigenvalue weighted by atomic mass is 9.86. The highest BCUT2D eigenvalue weighted by Gasteiger charge is 2.35. The Morgan fingerprint density at radius 1 is 1.36 bits per heavy atom. The second kappa shape index (κ2) is 8.10. The number of rotatable bonds is 6. The molecule has 2 N–H and O–H groups in total. The van der Waals surface area contributed by atoms with Crippen LogP contribution in [0.5, 0.6) is 0 Å². The number of nitrogens with two attached hydrogens (primary N) is 1. The molecule has 2 aliphatic rings. The van der Waals surface area contributed by atoms with Crippen LogP contribution in [0.4, 0.5) is 5.95 Å². The van der Waals surface area contributed by atoms with E-state index < -0.39 is 0 Å². The Kier molecular flexibility index (Phi) is 5.86. The molecule has 3 rings (SSSR count). The van der Waals surface area contributed by atoms with E-state index in [1.165, 1.54) is 0 Å². The number of hydrogen-bond donors (Lipinski definition) is 1. The molecule has 1 amide bonds. The molecule has 1 aromatic rings. The Labute approximate surface area is 149 Å². The Bertz CT molecular complexity index is 587. The van der Waals surface area contributed by atoms with Gasteiger partial charge < -0.3 is 15.4 Å². The highest BCUT2D eigenvalue weighted by molar-refractivity contribution is 5.77. The van der Waals surface area contributed by atoms with Crippen molar-refractivity contribution in [3.63, 3.8) is 0 Å². The second-order valence-corrected chi connectivity index (χ2v) is 7.40. The second-order valence-electron chi connectivity index (χ2n) is 7.40. The number of nitrogens with zero attached hydrogens (tertiary/aromatic N) is 4. The van der Waals surface area contributed by atoms with Gasteiger partial charge in [-0.3, -0.25) is 9.69 Å². The molecule has 2 atom stereocenters. The smallest absolute Gasteiger partial charge is 0.225 e. The molecular weight excluding hydrogens is 318 g/mol. The molecule has 0 aromatic carbocycles. The number of hydrogen-bond acceptors (Lipinski definition) is 6. The van der Waals surface area contributed by atoms with E-state index in [-0.39, 0.29) is 17.9 Å². The number of carbonyl (C=O) groups excluding carboxylic acids is 1. The van der Waals surface area contributed by atoms with Crippen molar-refractivity contribution in [2.75, 3.05) is 38.7 Å². The van der Waals surface area contributed by atoms with Crippen LogP contribution in [0.2, 0.25) is 0 Å². The van der Waals surface area contributed by atoms with Gasteiger partial charge in [-0.25, -0.2) is 9.97 Å². The van der Waals surface area contributed by atoms with Gasteiger partial charge in [-0.1, -0.05) is 0 Å². The van der Waals surface area contributed by atoms with Crippen molar-refractivity contribution in [2.24, 2.45) is 17.6 Å². The van der Waals surface area contributed by atoms with Gasteiger partial charge in [0.25, 0.3) is 0 Å². The minimum Gasteiger partial charge on any atom is -0.377 e. The van der Waals surface area contributed by atoms with Crippen molar-refractivity contribution in [1.82, 2.24) is 14.9 Å². The minimum atomic E-state index is -0.208. The van der Waals surface area contributed by atoms with E-state index in [9.17, 15) is 4.79 Å². The summed E-state index contributed by atoms with van der Waals surface area (Å²) in [6, 6.07) is 1.99. The SMILES string of the molecule is CN(C)c1nccc(CN2CCC(C[C@H]3OCC[C@H]3C(N)=O)CC2)n1. The third kappa shape index (κ3) is 4.67. The lowest BCUT2D eigenvalue weighted by Gasteiger charge is -2.33. The largest absolute Gasteiger partial charge is 0.377 e. The molecule has 25 heavy (non-hydrogen) atoms. The average Bonchev–Trinajstić information content (AvgIpc) is 3.05. The van der Waals surface area contributed by atoms with Gasteiger partial charge in [0.1, 0.15) is 0 Å². The molecule has 2 fully saturated rings. The summed E-state index contributed by atoms with van der Waals surface area (Å²) in [6.07, 6.45) is 5.86. The van der Waals surface area contributed by atoms with E-state index in [2.05, 4.69) is 14.9 Å². The molecule has 0 saturated carbocycles. The van der Waals surface area contributed by atoms with Gasteiger partial charge in [-0.05, 0) is 50.8 Å². The van der Waals surface area contributed by atoms with Gasteiger partial charge in [-0.15, -0.1) is 0 Å². The maximum absolute atomic E-state index is 11.5. The lowest BCUT2D eigenvalue weighted by Crippen LogP contribution is -2.37. The molecule has 2 saturated heterocycles. The fourth-order valence-electron chi connectivity index (χ4n) is 3.83. The number of piperidine rings is 1. The monoisotopic (exact) mass is 347 g/mol. The van der Waals surface area contributed by atoms with Crippen molar-refractivity contribution in [3.8, 4) is 0 Å². The molecule has 0 aliphatic carbocycles. The molecular formula is C18H29N5O2. The number of amides is 1. The molecule has 0 spiro atoms. The number of primary amides is 1. The number of carbonyl (C=O) groups is 1. The van der Waals surface area contributed by atoms with Gasteiger partial charge >= 0.3 is 0 Å². The first-order valence-electron chi connectivity index (χ1n) is 9.15. The number of ether oxygens (including phenoxy) is 1. The summed E-state index contributed by atoms with van der Waals surface area (Å²) in [4.78, 5) is 24.7. The lowest BCUT2D eigenvalue weighted by molar-refractivity contribution is -0.123. The fraction of sp³-hybridized carbons (Fsp3) is 0.722. The van der Waals surface area contributed by atoms with E-state index in [0.717, 1.165) is 57.0 Å². The van der Waals surface area contributed by atoms with E-state index in [0.29, 0.717) is 12.5 Å². The van der Waals surface area contributed by atoms with Crippen LogP contribution in [-0.4, -0.2) is 60.7 Å². The van der Waals surface area contributed by atoms with Crippen molar-refractivity contribution in [3.05, 3.63) is 18.0 Å². The van der Waals surface area contributed by atoms with Gasteiger partial charge in [0.15, 0.2) is 0 Å². The first kappa shape index (κ1) is 18.1. The maximum Gasteiger partial charge on any atom is 0.225 e. The van der Waals surface area contributed by atoms with E-state index in [1.807, 2.05) is 31.3 Å². The van der Waals surface area contributed by atoms with Crippen molar-refractivity contribution >= 4 is 11.9 Å².